The van der Waals surface area contributed by atoms with Crippen LogP contribution in [0.25, 0.3) is 11.1 Å². The minimum Gasteiger partial charge on any atom is -0.480 e. The van der Waals surface area contributed by atoms with Crippen LogP contribution in [0.15, 0.2) is 48.5 Å². The number of fused-ring (bicyclic) bond motifs is 3. The summed E-state index contributed by atoms with van der Waals surface area (Å²) in [5.74, 6) is -4.02. The minimum atomic E-state index is -5.30. The largest absolute Gasteiger partial charge is 0.480 e. The normalized spacial score (nSPS) is 16.4. The highest BCUT2D eigenvalue weighted by Crippen LogP contribution is 2.44. The number of carbonyl (C=O) groups excluding carboxylic acids is 2. The molecular weight excluding hydrogens is 457 g/mol. The zero-order valence-corrected chi connectivity index (χ0v) is 18.2. The zero-order valence-electron chi connectivity index (χ0n) is 18.2. The van der Waals surface area contributed by atoms with Crippen molar-refractivity contribution in [1.29, 1.82) is 0 Å². The second-order valence-electron chi connectivity index (χ2n) is 8.10. The fourth-order valence-corrected chi connectivity index (χ4v) is 3.77. The number of hydrogen-bond donors (Lipinski definition) is 4. The SMILES string of the molecule is CC(O)C(NC(=O)C(C)(NC(=O)OCC1c2ccccc2-c2ccccc21)C(F)(F)F)C(=O)O. The molecule has 0 spiro atoms. The Labute approximate surface area is 192 Å². The second kappa shape index (κ2) is 9.34. The number of alkyl carbamates (subject to hydrolysis) is 1. The van der Waals surface area contributed by atoms with Crippen LogP contribution in [0.5, 0.6) is 0 Å². The van der Waals surface area contributed by atoms with E-state index in [0.29, 0.717) is 6.92 Å². The molecule has 2 amide bonds. The molecule has 0 radical (unpaired) electrons. The third-order valence-corrected chi connectivity index (χ3v) is 5.75. The maximum absolute atomic E-state index is 13.8. The van der Waals surface area contributed by atoms with E-state index in [0.717, 1.165) is 29.2 Å². The smallest absolute Gasteiger partial charge is 0.420 e. The molecule has 0 bridgehead atoms. The summed E-state index contributed by atoms with van der Waals surface area (Å²) < 4.78 is 46.4. The van der Waals surface area contributed by atoms with E-state index in [9.17, 15) is 32.7 Å². The van der Waals surface area contributed by atoms with Crippen LogP contribution in [-0.4, -0.2) is 58.7 Å². The third-order valence-electron chi connectivity index (χ3n) is 5.75. The van der Waals surface area contributed by atoms with E-state index in [1.54, 1.807) is 17.4 Å². The Morgan fingerprint density at radius 1 is 1.03 bits per heavy atom. The third kappa shape index (κ3) is 4.69. The fraction of sp³-hybridized carbons (Fsp3) is 0.348. The van der Waals surface area contributed by atoms with Crippen LogP contribution in [0.1, 0.15) is 30.9 Å². The molecule has 3 rings (SSSR count). The van der Waals surface area contributed by atoms with E-state index in [-0.39, 0.29) is 6.61 Å². The van der Waals surface area contributed by atoms with Gasteiger partial charge in [0.25, 0.3) is 5.91 Å². The number of carboxylic acid groups (broad SMARTS) is 1. The summed E-state index contributed by atoms with van der Waals surface area (Å²) in [5, 5.41) is 21.6. The molecule has 0 saturated heterocycles. The van der Waals surface area contributed by atoms with Gasteiger partial charge in [-0.15, -0.1) is 0 Å². The number of halogens is 3. The Morgan fingerprint density at radius 2 is 1.53 bits per heavy atom. The number of benzene rings is 2. The van der Waals surface area contributed by atoms with Crippen molar-refractivity contribution in [2.45, 2.75) is 43.6 Å². The van der Waals surface area contributed by atoms with E-state index >= 15 is 0 Å². The van der Waals surface area contributed by atoms with E-state index in [1.165, 1.54) is 5.32 Å². The number of aliphatic hydroxyl groups excluding tert-OH is 1. The van der Waals surface area contributed by atoms with Crippen molar-refractivity contribution in [3.05, 3.63) is 59.7 Å². The van der Waals surface area contributed by atoms with Crippen molar-refractivity contribution in [3.8, 4) is 11.1 Å². The van der Waals surface area contributed by atoms with Crippen molar-refractivity contribution >= 4 is 18.0 Å². The maximum Gasteiger partial charge on any atom is 0.420 e. The molecule has 34 heavy (non-hydrogen) atoms. The Morgan fingerprint density at radius 3 is 1.97 bits per heavy atom. The molecule has 2 aromatic rings. The number of carbonyl (C=O) groups is 3. The monoisotopic (exact) mass is 480 g/mol. The molecule has 0 aliphatic heterocycles. The van der Waals surface area contributed by atoms with Gasteiger partial charge < -0.3 is 20.3 Å². The number of ether oxygens (including phenoxy) is 1. The van der Waals surface area contributed by atoms with Crippen molar-refractivity contribution < 1.29 is 42.5 Å². The maximum atomic E-state index is 13.8. The van der Waals surface area contributed by atoms with Crippen LogP contribution in [0.4, 0.5) is 18.0 Å². The summed E-state index contributed by atoms with van der Waals surface area (Å²) in [7, 11) is 0. The lowest BCUT2D eigenvalue weighted by Gasteiger charge is -2.32. The van der Waals surface area contributed by atoms with Crippen LogP contribution < -0.4 is 10.6 Å². The minimum absolute atomic E-state index is 0.291. The molecule has 3 unspecified atom stereocenters. The Balaban J connectivity index is 1.76. The number of nitrogens with one attached hydrogen (secondary N) is 2. The molecule has 182 valence electrons. The lowest BCUT2D eigenvalue weighted by molar-refractivity contribution is -0.195. The van der Waals surface area contributed by atoms with Gasteiger partial charge in [0.15, 0.2) is 6.04 Å². The summed E-state index contributed by atoms with van der Waals surface area (Å²) in [6.45, 7) is 1.08. The van der Waals surface area contributed by atoms with E-state index in [1.807, 2.05) is 36.4 Å². The summed E-state index contributed by atoms with van der Waals surface area (Å²) in [6, 6.07) is 12.7. The number of amides is 2. The molecule has 0 aromatic heterocycles. The first-order chi connectivity index (χ1) is 15.9. The predicted octanol–water partition coefficient (Wildman–Crippen LogP) is 2.80. The van der Waals surface area contributed by atoms with Gasteiger partial charge in [-0.3, -0.25) is 10.1 Å². The highest BCUT2D eigenvalue weighted by molar-refractivity contribution is 5.93. The van der Waals surface area contributed by atoms with Gasteiger partial charge in [0.2, 0.25) is 5.54 Å². The molecule has 3 atom stereocenters. The van der Waals surface area contributed by atoms with Gasteiger partial charge in [0.05, 0.1) is 6.10 Å². The number of alkyl halides is 3. The van der Waals surface area contributed by atoms with Gasteiger partial charge in [-0.05, 0) is 36.1 Å². The van der Waals surface area contributed by atoms with E-state index in [2.05, 4.69) is 0 Å². The average Bonchev–Trinajstić information content (AvgIpc) is 3.08. The van der Waals surface area contributed by atoms with Gasteiger partial charge in [-0.2, -0.15) is 13.2 Å². The number of aliphatic carboxylic acids is 1. The van der Waals surface area contributed by atoms with Crippen LogP contribution in [-0.2, 0) is 14.3 Å². The van der Waals surface area contributed by atoms with Gasteiger partial charge in [0.1, 0.15) is 6.61 Å². The van der Waals surface area contributed by atoms with Crippen LogP contribution in [0.2, 0.25) is 0 Å². The summed E-state index contributed by atoms with van der Waals surface area (Å²) in [4.78, 5) is 35.9. The number of rotatable bonds is 7. The van der Waals surface area contributed by atoms with E-state index < -0.39 is 47.7 Å². The molecule has 0 heterocycles. The highest BCUT2D eigenvalue weighted by atomic mass is 19.4. The van der Waals surface area contributed by atoms with Gasteiger partial charge >= 0.3 is 18.2 Å². The topological polar surface area (TPSA) is 125 Å². The quantitative estimate of drug-likeness (QED) is 0.483. The lowest BCUT2D eigenvalue weighted by atomic mass is 9.98. The van der Waals surface area contributed by atoms with Crippen LogP contribution >= 0.6 is 0 Å². The molecule has 2 aromatic carbocycles. The fourth-order valence-electron chi connectivity index (χ4n) is 3.77. The number of hydrogen-bond acceptors (Lipinski definition) is 5. The molecular formula is C23H23F3N2O6. The van der Waals surface area contributed by atoms with Gasteiger partial charge in [0, 0.05) is 5.92 Å². The molecule has 8 nitrogen and oxygen atoms in total. The van der Waals surface area contributed by atoms with Gasteiger partial charge in [-0.1, -0.05) is 48.5 Å². The van der Waals surface area contributed by atoms with Crippen molar-refractivity contribution in [2.75, 3.05) is 6.61 Å². The first kappa shape index (κ1) is 25.0. The summed E-state index contributed by atoms with van der Waals surface area (Å²) in [6.07, 6.45) is -8.50. The predicted molar refractivity (Wildman–Crippen MR) is 114 cm³/mol. The second-order valence-corrected chi connectivity index (χ2v) is 8.10. The van der Waals surface area contributed by atoms with Crippen molar-refractivity contribution in [1.82, 2.24) is 10.6 Å². The van der Waals surface area contributed by atoms with Crippen molar-refractivity contribution in [3.63, 3.8) is 0 Å². The first-order valence-electron chi connectivity index (χ1n) is 10.3. The molecule has 1 aliphatic rings. The molecule has 0 saturated carbocycles. The molecule has 11 heteroatoms. The number of aliphatic hydroxyl groups is 1. The highest BCUT2D eigenvalue weighted by Gasteiger charge is 2.59. The van der Waals surface area contributed by atoms with Crippen LogP contribution in [0, 0.1) is 0 Å². The first-order valence-corrected chi connectivity index (χ1v) is 10.3. The lowest BCUT2D eigenvalue weighted by Crippen LogP contribution is -2.67. The Kier molecular flexibility index (Phi) is 6.87. The number of carboxylic acids is 1. The van der Waals surface area contributed by atoms with Gasteiger partial charge in [-0.25, -0.2) is 9.59 Å². The molecule has 1 aliphatic carbocycles. The standard InChI is InChI=1S/C23H23F3N2O6/c1-12(29)18(19(30)31)27-20(32)22(2,23(24,25)26)28-21(33)34-11-17-15-9-5-3-7-13(15)14-8-4-6-10-16(14)17/h3-10,12,17-18,29H,11H2,1-2H3,(H,27,32)(H,28,33)(H,30,31). The summed E-state index contributed by atoms with van der Waals surface area (Å²) >= 11 is 0. The van der Waals surface area contributed by atoms with Crippen LogP contribution in [0.3, 0.4) is 0 Å². The van der Waals surface area contributed by atoms with Crippen molar-refractivity contribution in [2.24, 2.45) is 0 Å². The summed E-state index contributed by atoms with van der Waals surface area (Å²) in [5.41, 5.74) is 0.00931. The Hall–Kier alpha value is -3.60. The average molecular weight is 480 g/mol. The zero-order chi connectivity index (χ0) is 25.3. The Bertz CT molecular complexity index is 1060. The molecule has 0 fully saturated rings. The van der Waals surface area contributed by atoms with E-state index in [4.69, 9.17) is 9.84 Å². The molecule has 4 N–H and O–H groups in total.